The molecule has 6 rings (SSSR count). The van der Waals surface area contributed by atoms with E-state index in [4.69, 9.17) is 4.74 Å². The summed E-state index contributed by atoms with van der Waals surface area (Å²) in [6.45, 7) is 1.58. The maximum absolute atomic E-state index is 14.5. The number of anilines is 5. The van der Waals surface area contributed by atoms with Crippen molar-refractivity contribution in [1.29, 1.82) is 0 Å². The molecule has 0 spiro atoms. The van der Waals surface area contributed by atoms with Gasteiger partial charge in [0.25, 0.3) is 0 Å². The van der Waals surface area contributed by atoms with Crippen molar-refractivity contribution in [1.82, 2.24) is 19.5 Å². The Balaban J connectivity index is 1.24. The average molecular weight is 648 g/mol. The van der Waals surface area contributed by atoms with Crippen molar-refractivity contribution in [2.24, 2.45) is 7.05 Å². The molecule has 0 unspecified atom stereocenters. The summed E-state index contributed by atoms with van der Waals surface area (Å²) in [6, 6.07) is 15.0. The van der Waals surface area contributed by atoms with E-state index in [0.717, 1.165) is 29.4 Å². The fourth-order valence-electron chi connectivity index (χ4n) is 5.33. The molecule has 0 saturated heterocycles. The van der Waals surface area contributed by atoms with Crippen LogP contribution in [-0.2, 0) is 27.1 Å². The Bertz CT molecular complexity index is 2100. The smallest absolute Gasteiger partial charge is 0.237 e. The highest BCUT2D eigenvalue weighted by atomic mass is 32.2. The number of hydrogen-bond donors (Lipinski definition) is 2. The Labute approximate surface area is 264 Å². The molecule has 2 aromatic heterocycles. The number of carbonyl (C=O) groups is 1. The van der Waals surface area contributed by atoms with E-state index in [1.807, 2.05) is 30.1 Å². The molecule has 1 saturated carbocycles. The Morgan fingerprint density at radius 3 is 2.57 bits per heavy atom. The molecule has 5 aromatic rings. The average Bonchev–Trinajstić information content (AvgIpc) is 3.81. The molecule has 2 N–H and O–H groups in total. The van der Waals surface area contributed by atoms with Gasteiger partial charge in [0.05, 0.1) is 39.9 Å². The van der Waals surface area contributed by atoms with Crippen molar-refractivity contribution in [2.75, 3.05) is 35.4 Å². The number of benzene rings is 3. The van der Waals surface area contributed by atoms with Crippen LogP contribution in [0.15, 0.2) is 71.8 Å². The number of carbonyl (C=O) groups excluding carboxylic acids is 1. The topological polar surface area (TPSA) is 131 Å². The summed E-state index contributed by atoms with van der Waals surface area (Å²) in [4.78, 5) is 28.8. The third-order valence-corrected chi connectivity index (χ3v) is 9.98. The van der Waals surface area contributed by atoms with Gasteiger partial charge in [0.1, 0.15) is 23.2 Å². The Kier molecular flexibility index (Phi) is 7.84. The van der Waals surface area contributed by atoms with Gasteiger partial charge in [0.15, 0.2) is 9.84 Å². The number of sulfone groups is 1. The first kappa shape index (κ1) is 30.9. The van der Waals surface area contributed by atoms with Gasteiger partial charge in [0, 0.05) is 31.5 Å². The number of hydrogen-bond acceptors (Lipinski definition) is 9. The van der Waals surface area contributed by atoms with Crippen molar-refractivity contribution in [2.45, 2.75) is 30.1 Å². The molecule has 238 valence electrons. The molecule has 1 amide bonds. The summed E-state index contributed by atoms with van der Waals surface area (Å²) in [5.74, 6) is -0.244. The number of aryl methyl sites for hydroxylation is 1. The zero-order valence-electron chi connectivity index (χ0n) is 25.5. The summed E-state index contributed by atoms with van der Waals surface area (Å²) in [5, 5.41) is 5.88. The molecule has 0 radical (unpaired) electrons. The van der Waals surface area contributed by atoms with Crippen LogP contribution >= 0.6 is 0 Å². The summed E-state index contributed by atoms with van der Waals surface area (Å²) in [7, 11) is 1.61. The lowest BCUT2D eigenvalue weighted by Gasteiger charge is -2.19. The van der Waals surface area contributed by atoms with Crippen molar-refractivity contribution in [3.8, 4) is 5.75 Å². The SMILES string of the molecule is CCS(=O)(=O)c1ccc(OC)c(Nc2nccc(N(C)c3ccc4c(c3)nc(NC(=O)C3(c5cc(F)ccc5F)CC3)n4C)n2)c1. The molecule has 11 nitrogen and oxygen atoms in total. The number of imidazole rings is 1. The number of halogens is 2. The zero-order valence-corrected chi connectivity index (χ0v) is 26.3. The maximum Gasteiger partial charge on any atom is 0.237 e. The highest BCUT2D eigenvalue weighted by molar-refractivity contribution is 7.91. The number of amides is 1. The lowest BCUT2D eigenvalue weighted by atomic mass is 9.94. The highest BCUT2D eigenvalue weighted by Gasteiger charge is 2.53. The number of rotatable bonds is 10. The molecule has 0 aliphatic heterocycles. The molecule has 46 heavy (non-hydrogen) atoms. The monoisotopic (exact) mass is 647 g/mol. The second-order valence-corrected chi connectivity index (χ2v) is 13.3. The van der Waals surface area contributed by atoms with Gasteiger partial charge < -0.3 is 19.5 Å². The van der Waals surface area contributed by atoms with Gasteiger partial charge in [-0.2, -0.15) is 4.98 Å². The van der Waals surface area contributed by atoms with Crippen molar-refractivity contribution >= 4 is 55.9 Å². The first-order valence-electron chi connectivity index (χ1n) is 14.4. The van der Waals surface area contributed by atoms with Crippen LogP contribution < -0.4 is 20.3 Å². The van der Waals surface area contributed by atoms with E-state index in [-0.39, 0.29) is 28.1 Å². The van der Waals surface area contributed by atoms with Crippen LogP contribution in [0.3, 0.4) is 0 Å². The van der Waals surface area contributed by atoms with Crippen molar-refractivity contribution in [3.05, 3.63) is 84.1 Å². The van der Waals surface area contributed by atoms with Crippen LogP contribution in [0.25, 0.3) is 11.0 Å². The highest BCUT2D eigenvalue weighted by Crippen LogP contribution is 2.50. The van der Waals surface area contributed by atoms with Gasteiger partial charge >= 0.3 is 0 Å². The molecule has 0 bridgehead atoms. The summed E-state index contributed by atoms with van der Waals surface area (Å²) in [5.41, 5.74) is 1.38. The van der Waals surface area contributed by atoms with Crippen LogP contribution in [-0.4, -0.2) is 53.8 Å². The van der Waals surface area contributed by atoms with Gasteiger partial charge in [-0.25, -0.2) is 27.2 Å². The van der Waals surface area contributed by atoms with E-state index < -0.39 is 32.8 Å². The first-order chi connectivity index (χ1) is 22.0. The minimum atomic E-state index is -3.45. The third kappa shape index (κ3) is 5.60. The van der Waals surface area contributed by atoms with Crippen LogP contribution in [0.2, 0.25) is 0 Å². The predicted octanol–water partition coefficient (Wildman–Crippen LogP) is 5.63. The van der Waals surface area contributed by atoms with E-state index in [1.54, 1.807) is 36.9 Å². The van der Waals surface area contributed by atoms with E-state index >= 15 is 0 Å². The van der Waals surface area contributed by atoms with Crippen LogP contribution in [0, 0.1) is 11.6 Å². The fraction of sp³-hybridized carbons (Fsp3) is 0.250. The quantitative estimate of drug-likeness (QED) is 0.198. The molecule has 1 fully saturated rings. The van der Waals surface area contributed by atoms with E-state index in [2.05, 4.69) is 25.6 Å². The van der Waals surface area contributed by atoms with Gasteiger partial charge in [-0.05, 0) is 73.5 Å². The molecule has 1 aliphatic carbocycles. The minimum absolute atomic E-state index is 0.0420. The second-order valence-electron chi connectivity index (χ2n) is 11.0. The molecule has 1 aliphatic rings. The predicted molar refractivity (Wildman–Crippen MR) is 171 cm³/mol. The minimum Gasteiger partial charge on any atom is -0.495 e. The van der Waals surface area contributed by atoms with Crippen molar-refractivity contribution in [3.63, 3.8) is 0 Å². The summed E-state index contributed by atoms with van der Waals surface area (Å²) < 4.78 is 60.4. The number of fused-ring (bicyclic) bond motifs is 1. The molecule has 14 heteroatoms. The standard InChI is InChI=1S/C32H31F2N7O4S/c1-5-46(43,44)21-8-11-27(45-4)25(18-21)36-30-35-15-12-28(38-30)40(2)20-7-10-26-24(17-20)37-31(41(26)3)39-29(42)32(13-14-32)22-16-19(33)6-9-23(22)34/h6-12,15-18H,5,13-14H2,1-4H3,(H,35,36,38)(H,37,39,42). The lowest BCUT2D eigenvalue weighted by molar-refractivity contribution is -0.118. The Morgan fingerprint density at radius 2 is 1.85 bits per heavy atom. The van der Waals surface area contributed by atoms with Gasteiger partial charge in [-0.3, -0.25) is 10.1 Å². The number of nitrogens with one attached hydrogen (secondary N) is 2. The van der Waals surface area contributed by atoms with E-state index in [1.165, 1.54) is 19.2 Å². The van der Waals surface area contributed by atoms with Gasteiger partial charge in [0.2, 0.25) is 17.8 Å². The number of ether oxygens (including phenoxy) is 1. The molecule has 0 atom stereocenters. The molecule has 2 heterocycles. The Morgan fingerprint density at radius 1 is 1.07 bits per heavy atom. The Hall–Kier alpha value is -5.11. The largest absolute Gasteiger partial charge is 0.495 e. The zero-order chi connectivity index (χ0) is 32.8. The normalized spacial score (nSPS) is 13.8. The van der Waals surface area contributed by atoms with Gasteiger partial charge in [-0.1, -0.05) is 6.92 Å². The summed E-state index contributed by atoms with van der Waals surface area (Å²) in [6.07, 6.45) is 2.39. The molecule has 3 aromatic carbocycles. The maximum atomic E-state index is 14.5. The van der Waals surface area contributed by atoms with Gasteiger partial charge in [-0.15, -0.1) is 0 Å². The number of methoxy groups -OCH3 is 1. The second kappa shape index (κ2) is 11.7. The molecular weight excluding hydrogens is 616 g/mol. The third-order valence-electron chi connectivity index (χ3n) is 8.25. The lowest BCUT2D eigenvalue weighted by Crippen LogP contribution is -2.30. The van der Waals surface area contributed by atoms with E-state index in [9.17, 15) is 22.0 Å². The fourth-order valence-corrected chi connectivity index (χ4v) is 6.24. The van der Waals surface area contributed by atoms with Crippen LogP contribution in [0.4, 0.5) is 37.9 Å². The van der Waals surface area contributed by atoms with Crippen LogP contribution in [0.1, 0.15) is 25.3 Å². The number of nitrogens with zero attached hydrogens (tertiary/aromatic N) is 5. The summed E-state index contributed by atoms with van der Waals surface area (Å²) >= 11 is 0. The van der Waals surface area contributed by atoms with E-state index in [0.29, 0.717) is 35.6 Å². The first-order valence-corrected chi connectivity index (χ1v) is 16.1. The molecular formula is C32H31F2N7O4S. The number of aromatic nitrogens is 4. The van der Waals surface area contributed by atoms with Crippen molar-refractivity contribution < 1.29 is 26.7 Å². The van der Waals surface area contributed by atoms with Crippen LogP contribution in [0.5, 0.6) is 5.75 Å².